The predicted octanol–water partition coefficient (Wildman–Crippen LogP) is 3.33. The van der Waals surface area contributed by atoms with Crippen LogP contribution in [0, 0.1) is 3.57 Å². The third-order valence-corrected chi connectivity index (χ3v) is 4.63. The molecule has 0 radical (unpaired) electrons. The average molecular weight is 406 g/mol. The van der Waals surface area contributed by atoms with Crippen molar-refractivity contribution in [1.82, 2.24) is 14.9 Å². The van der Waals surface area contributed by atoms with Crippen LogP contribution in [0.3, 0.4) is 0 Å². The van der Waals surface area contributed by atoms with Gasteiger partial charge in [0.15, 0.2) is 0 Å². The first-order valence-electron chi connectivity index (χ1n) is 5.78. The summed E-state index contributed by atoms with van der Waals surface area (Å²) in [5.74, 6) is 0. The molecular formula is C12H13BrIN3. The number of hydrogen-bond acceptors (Lipinski definition) is 2. The van der Waals surface area contributed by atoms with Crippen LogP contribution < -0.4 is 5.32 Å². The van der Waals surface area contributed by atoms with Crippen LogP contribution in [0.2, 0.25) is 0 Å². The lowest BCUT2D eigenvalue weighted by Gasteiger charge is -2.24. The fraction of sp³-hybridized carbons (Fsp3) is 0.417. The molecule has 3 nitrogen and oxygen atoms in total. The molecule has 0 aliphatic carbocycles. The summed E-state index contributed by atoms with van der Waals surface area (Å²) in [5.41, 5.74) is 1.25. The first kappa shape index (κ1) is 11.9. The molecule has 0 saturated carbocycles. The summed E-state index contributed by atoms with van der Waals surface area (Å²) in [6.45, 7) is 2.23. The molecule has 1 saturated heterocycles. The number of hydrogen-bond donors (Lipinski definition) is 1. The van der Waals surface area contributed by atoms with Crippen LogP contribution in [0.4, 0.5) is 0 Å². The minimum Gasteiger partial charge on any atom is -0.342 e. The van der Waals surface area contributed by atoms with Crippen LogP contribution in [-0.2, 0) is 0 Å². The molecule has 1 aliphatic heterocycles. The van der Waals surface area contributed by atoms with Crippen molar-refractivity contribution in [2.24, 2.45) is 0 Å². The Labute approximate surface area is 122 Å². The second kappa shape index (κ2) is 4.85. The van der Waals surface area contributed by atoms with Gasteiger partial charge < -0.3 is 9.88 Å². The first-order chi connectivity index (χ1) is 8.25. The number of nitrogens with one attached hydrogen (secondary N) is 1. The number of rotatable bonds is 1. The van der Waals surface area contributed by atoms with Crippen LogP contribution in [0.1, 0.15) is 18.9 Å². The maximum atomic E-state index is 4.35. The van der Waals surface area contributed by atoms with Crippen molar-refractivity contribution in [3.05, 3.63) is 26.6 Å². The summed E-state index contributed by atoms with van der Waals surface area (Å²) in [4.78, 5) is 4.35. The molecule has 1 fully saturated rings. The standard InChI is InChI=1S/C12H13BrIN3/c13-12-5-9-10(14)7-17(11(9)6-16-12)8-1-3-15-4-2-8/h5-8,15H,1-4H2. The molecule has 2 aromatic rings. The maximum Gasteiger partial charge on any atom is 0.106 e. The second-order valence-electron chi connectivity index (χ2n) is 4.39. The van der Waals surface area contributed by atoms with Crippen LogP contribution in [-0.4, -0.2) is 22.6 Å². The molecule has 0 unspecified atom stereocenters. The van der Waals surface area contributed by atoms with Crippen molar-refractivity contribution < 1.29 is 0 Å². The zero-order valence-corrected chi connectivity index (χ0v) is 13.0. The van der Waals surface area contributed by atoms with Crippen molar-refractivity contribution in [3.63, 3.8) is 0 Å². The minimum absolute atomic E-state index is 0.616. The predicted molar refractivity (Wildman–Crippen MR) is 81.3 cm³/mol. The van der Waals surface area contributed by atoms with E-state index in [1.54, 1.807) is 0 Å². The maximum absolute atomic E-state index is 4.35. The number of nitrogens with zero attached hydrogens (tertiary/aromatic N) is 2. The summed E-state index contributed by atoms with van der Waals surface area (Å²) in [7, 11) is 0. The normalized spacial score (nSPS) is 17.8. The smallest absolute Gasteiger partial charge is 0.106 e. The van der Waals surface area contributed by atoms with Gasteiger partial charge in [0.1, 0.15) is 4.60 Å². The zero-order valence-electron chi connectivity index (χ0n) is 9.29. The molecule has 3 rings (SSSR count). The van der Waals surface area contributed by atoms with Gasteiger partial charge in [0.2, 0.25) is 0 Å². The van der Waals surface area contributed by atoms with Crippen LogP contribution in [0.25, 0.3) is 10.9 Å². The van der Waals surface area contributed by atoms with Gasteiger partial charge in [-0.3, -0.25) is 0 Å². The zero-order chi connectivity index (χ0) is 11.8. The molecule has 5 heteroatoms. The summed E-state index contributed by atoms with van der Waals surface area (Å²) >= 11 is 5.84. The average Bonchev–Trinajstić information content (AvgIpc) is 2.68. The van der Waals surface area contributed by atoms with E-state index in [0.717, 1.165) is 17.7 Å². The van der Waals surface area contributed by atoms with E-state index < -0.39 is 0 Å². The Kier molecular flexibility index (Phi) is 3.40. The Morgan fingerprint density at radius 1 is 1.41 bits per heavy atom. The van der Waals surface area contributed by atoms with Crippen LogP contribution in [0.15, 0.2) is 23.1 Å². The van der Waals surface area contributed by atoms with Gasteiger partial charge in [-0.25, -0.2) is 4.98 Å². The van der Waals surface area contributed by atoms with Gasteiger partial charge in [-0.15, -0.1) is 0 Å². The Morgan fingerprint density at radius 2 is 2.18 bits per heavy atom. The van der Waals surface area contributed by atoms with Crippen LogP contribution in [0.5, 0.6) is 0 Å². The lowest BCUT2D eigenvalue weighted by molar-refractivity contribution is 0.376. The first-order valence-corrected chi connectivity index (χ1v) is 7.65. The van der Waals surface area contributed by atoms with E-state index in [2.05, 4.69) is 65.7 Å². The summed E-state index contributed by atoms with van der Waals surface area (Å²) < 4.78 is 4.61. The number of halogens is 2. The van der Waals surface area contributed by atoms with E-state index in [0.29, 0.717) is 6.04 Å². The van der Waals surface area contributed by atoms with Gasteiger partial charge in [-0.05, 0) is 70.5 Å². The molecule has 0 aromatic carbocycles. The molecule has 0 amide bonds. The minimum atomic E-state index is 0.616. The Bertz CT molecular complexity index is 546. The molecular weight excluding hydrogens is 393 g/mol. The van der Waals surface area contributed by atoms with Crippen molar-refractivity contribution in [3.8, 4) is 0 Å². The van der Waals surface area contributed by atoms with E-state index in [1.165, 1.54) is 27.3 Å². The van der Waals surface area contributed by atoms with Crippen molar-refractivity contribution in [1.29, 1.82) is 0 Å². The van der Waals surface area contributed by atoms with Gasteiger partial charge in [0.25, 0.3) is 0 Å². The molecule has 0 atom stereocenters. The highest BCUT2D eigenvalue weighted by Gasteiger charge is 2.18. The lowest BCUT2D eigenvalue weighted by Crippen LogP contribution is -2.29. The van der Waals surface area contributed by atoms with Gasteiger partial charge in [0, 0.05) is 21.2 Å². The molecule has 0 bridgehead atoms. The Hall–Kier alpha value is -0.140. The number of pyridine rings is 1. The van der Waals surface area contributed by atoms with E-state index in [1.807, 2.05) is 6.20 Å². The van der Waals surface area contributed by atoms with E-state index in [4.69, 9.17) is 0 Å². The van der Waals surface area contributed by atoms with Gasteiger partial charge in [0.05, 0.1) is 11.7 Å². The summed E-state index contributed by atoms with van der Waals surface area (Å²) in [6.07, 6.45) is 6.64. The van der Waals surface area contributed by atoms with E-state index in [-0.39, 0.29) is 0 Å². The fourth-order valence-electron chi connectivity index (χ4n) is 2.47. The molecule has 2 aromatic heterocycles. The largest absolute Gasteiger partial charge is 0.342 e. The van der Waals surface area contributed by atoms with Crippen molar-refractivity contribution >= 4 is 49.4 Å². The summed E-state index contributed by atoms with van der Waals surface area (Å²) in [6, 6.07) is 2.72. The van der Waals surface area contributed by atoms with Crippen LogP contribution >= 0.6 is 38.5 Å². The molecule has 90 valence electrons. The monoisotopic (exact) mass is 405 g/mol. The van der Waals surface area contributed by atoms with E-state index in [9.17, 15) is 0 Å². The van der Waals surface area contributed by atoms with E-state index >= 15 is 0 Å². The quantitative estimate of drug-likeness (QED) is 0.582. The van der Waals surface area contributed by atoms with Gasteiger partial charge in [-0.1, -0.05) is 0 Å². The highest BCUT2D eigenvalue weighted by atomic mass is 127. The number of aromatic nitrogens is 2. The highest BCUT2D eigenvalue weighted by Crippen LogP contribution is 2.30. The van der Waals surface area contributed by atoms with Gasteiger partial charge >= 0.3 is 0 Å². The third-order valence-electron chi connectivity index (χ3n) is 3.34. The fourth-order valence-corrected chi connectivity index (χ4v) is 3.53. The van der Waals surface area contributed by atoms with Crippen molar-refractivity contribution in [2.75, 3.05) is 13.1 Å². The Morgan fingerprint density at radius 3 is 2.94 bits per heavy atom. The number of piperidine rings is 1. The molecule has 17 heavy (non-hydrogen) atoms. The molecule has 1 aliphatic rings. The topological polar surface area (TPSA) is 29.9 Å². The van der Waals surface area contributed by atoms with Gasteiger partial charge in [-0.2, -0.15) is 0 Å². The molecule has 3 heterocycles. The summed E-state index contributed by atoms with van der Waals surface area (Å²) in [5, 5.41) is 4.71. The second-order valence-corrected chi connectivity index (χ2v) is 6.36. The molecule has 0 spiro atoms. The Balaban J connectivity index is 2.10. The van der Waals surface area contributed by atoms with Crippen molar-refractivity contribution in [2.45, 2.75) is 18.9 Å². The number of fused-ring (bicyclic) bond motifs is 1. The third kappa shape index (κ3) is 2.24. The molecule has 1 N–H and O–H groups in total. The lowest BCUT2D eigenvalue weighted by atomic mass is 10.1. The highest BCUT2D eigenvalue weighted by molar-refractivity contribution is 14.1. The SMILES string of the molecule is Brc1cc2c(I)cn(C3CCNCC3)c2cn1.